The molecule has 1 amide bonds. The molecule has 0 unspecified atom stereocenters. The number of pyridine rings is 2. The third-order valence-electron chi connectivity index (χ3n) is 6.01. The summed E-state index contributed by atoms with van der Waals surface area (Å²) in [6.45, 7) is 3.79. The van der Waals surface area contributed by atoms with Gasteiger partial charge < -0.3 is 10.3 Å². The number of fused-ring (bicyclic) bond motifs is 1. The van der Waals surface area contributed by atoms with Crippen molar-refractivity contribution in [1.29, 1.82) is 0 Å². The average Bonchev–Trinajstić information content (AvgIpc) is 3.33. The lowest BCUT2D eigenvalue weighted by atomic mass is 9.93. The maximum atomic E-state index is 13.0. The van der Waals surface area contributed by atoms with Gasteiger partial charge in [0.15, 0.2) is 0 Å². The smallest absolute Gasteiger partial charge is 0.274 e. The maximum Gasteiger partial charge on any atom is 0.274 e. The first-order chi connectivity index (χ1) is 15.7. The van der Waals surface area contributed by atoms with Crippen LogP contribution in [0.1, 0.15) is 29.5 Å². The molecule has 0 bridgehead atoms. The Morgan fingerprint density at radius 2 is 1.94 bits per heavy atom. The van der Waals surface area contributed by atoms with Crippen LogP contribution in [0.3, 0.4) is 0 Å². The van der Waals surface area contributed by atoms with E-state index in [4.69, 9.17) is 0 Å². The summed E-state index contributed by atoms with van der Waals surface area (Å²) >= 11 is 0. The topological polar surface area (TPSA) is 90.4 Å². The molecule has 0 spiro atoms. The zero-order valence-electron chi connectivity index (χ0n) is 17.8. The van der Waals surface area contributed by atoms with Crippen LogP contribution < -0.4 is 10.9 Å². The van der Waals surface area contributed by atoms with Crippen molar-refractivity contribution in [2.24, 2.45) is 4.99 Å². The lowest BCUT2D eigenvalue weighted by molar-refractivity contribution is -0.110. The fraction of sp³-hybridized carbons (Fsp3) is 0.280. The minimum Gasteiger partial charge on any atom is -0.327 e. The van der Waals surface area contributed by atoms with Crippen molar-refractivity contribution in [3.63, 3.8) is 0 Å². The van der Waals surface area contributed by atoms with E-state index in [2.05, 4.69) is 43.4 Å². The summed E-state index contributed by atoms with van der Waals surface area (Å²) in [5.41, 5.74) is 5.94. The molecule has 2 N–H and O–H groups in total. The summed E-state index contributed by atoms with van der Waals surface area (Å²) in [6, 6.07) is 11.4. The first-order valence-corrected chi connectivity index (χ1v) is 11.0. The highest BCUT2D eigenvalue weighted by atomic mass is 16.2. The van der Waals surface area contributed by atoms with Gasteiger partial charge in [-0.3, -0.25) is 24.5 Å². The molecule has 0 atom stereocenters. The number of nitrogens with one attached hydrogen (secondary N) is 2. The van der Waals surface area contributed by atoms with E-state index >= 15 is 0 Å². The Kier molecular flexibility index (Phi) is 5.64. The van der Waals surface area contributed by atoms with Crippen LogP contribution in [0.2, 0.25) is 0 Å². The summed E-state index contributed by atoms with van der Waals surface area (Å²) < 4.78 is 0. The van der Waals surface area contributed by atoms with Crippen LogP contribution in [0.5, 0.6) is 0 Å². The van der Waals surface area contributed by atoms with E-state index in [1.165, 1.54) is 30.7 Å². The molecule has 2 aromatic heterocycles. The van der Waals surface area contributed by atoms with Crippen molar-refractivity contribution in [1.82, 2.24) is 14.9 Å². The molecule has 2 aliphatic heterocycles. The molecule has 1 saturated heterocycles. The first-order valence-electron chi connectivity index (χ1n) is 11.0. The number of likely N-dealkylation sites (tertiary alicyclic amines) is 1. The highest BCUT2D eigenvalue weighted by Gasteiger charge is 2.22. The monoisotopic (exact) mass is 427 g/mol. The Morgan fingerprint density at radius 1 is 1.06 bits per heavy atom. The zero-order chi connectivity index (χ0) is 21.9. The molecule has 7 nitrogen and oxygen atoms in total. The molecule has 32 heavy (non-hydrogen) atoms. The third kappa shape index (κ3) is 4.38. The van der Waals surface area contributed by atoms with Gasteiger partial charge in [0.25, 0.3) is 5.91 Å². The fourth-order valence-electron chi connectivity index (χ4n) is 4.37. The Balaban J connectivity index is 1.41. The van der Waals surface area contributed by atoms with Crippen LogP contribution in [0.15, 0.2) is 64.8 Å². The number of carbonyl (C=O) groups excluding carboxylic acids is 1. The van der Waals surface area contributed by atoms with Gasteiger partial charge in [-0.25, -0.2) is 0 Å². The lowest BCUT2D eigenvalue weighted by Gasteiger charge is -2.18. The molecule has 1 aromatic carbocycles. The SMILES string of the molecule is O=C(Nc1ccc(=O)[nH]c1)C1=NCCc2ccc(-c3cncc(CN4CCCC4)c3)cc21. The number of hydrogen-bond acceptors (Lipinski definition) is 5. The number of aromatic amines is 1. The van der Waals surface area contributed by atoms with E-state index in [0.717, 1.165) is 48.3 Å². The van der Waals surface area contributed by atoms with E-state index in [1.54, 1.807) is 6.07 Å². The van der Waals surface area contributed by atoms with Crippen molar-refractivity contribution in [2.45, 2.75) is 25.8 Å². The quantitative estimate of drug-likeness (QED) is 0.655. The van der Waals surface area contributed by atoms with Gasteiger partial charge in [0, 0.05) is 48.9 Å². The molecule has 4 heterocycles. The highest BCUT2D eigenvalue weighted by molar-refractivity contribution is 6.49. The van der Waals surface area contributed by atoms with Gasteiger partial charge >= 0.3 is 0 Å². The number of anilines is 1. The molecule has 0 aliphatic carbocycles. The van der Waals surface area contributed by atoms with Gasteiger partial charge in [-0.1, -0.05) is 12.1 Å². The van der Waals surface area contributed by atoms with Crippen molar-refractivity contribution in [3.05, 3.63) is 82.0 Å². The maximum absolute atomic E-state index is 13.0. The van der Waals surface area contributed by atoms with E-state index in [-0.39, 0.29) is 11.5 Å². The largest absolute Gasteiger partial charge is 0.327 e. The van der Waals surface area contributed by atoms with Crippen molar-refractivity contribution < 1.29 is 4.79 Å². The number of nitrogens with zero attached hydrogens (tertiary/aromatic N) is 3. The van der Waals surface area contributed by atoms with Crippen LogP contribution in [0.25, 0.3) is 11.1 Å². The summed E-state index contributed by atoms with van der Waals surface area (Å²) in [7, 11) is 0. The summed E-state index contributed by atoms with van der Waals surface area (Å²) in [5.74, 6) is -0.281. The van der Waals surface area contributed by atoms with E-state index in [1.807, 2.05) is 18.5 Å². The van der Waals surface area contributed by atoms with Crippen LogP contribution in [0, 0.1) is 0 Å². The fourth-order valence-corrected chi connectivity index (χ4v) is 4.37. The zero-order valence-corrected chi connectivity index (χ0v) is 17.8. The Bertz CT molecular complexity index is 1220. The van der Waals surface area contributed by atoms with Crippen molar-refractivity contribution in [3.8, 4) is 11.1 Å². The molecule has 0 radical (unpaired) electrons. The lowest BCUT2D eigenvalue weighted by Crippen LogP contribution is -2.28. The van der Waals surface area contributed by atoms with E-state index in [0.29, 0.717) is 17.9 Å². The van der Waals surface area contributed by atoms with Gasteiger partial charge in [-0.15, -0.1) is 0 Å². The number of aromatic nitrogens is 2. The Labute approximate surface area is 186 Å². The molecular weight excluding hydrogens is 402 g/mol. The van der Waals surface area contributed by atoms with Crippen LogP contribution in [0.4, 0.5) is 5.69 Å². The van der Waals surface area contributed by atoms with Crippen LogP contribution in [-0.4, -0.2) is 46.1 Å². The number of hydrogen-bond donors (Lipinski definition) is 2. The standard InChI is InChI=1S/C25H25N5O2/c31-23-6-5-21(15-28-23)29-25(32)24-22-12-19(4-3-18(22)7-8-27-24)20-11-17(13-26-14-20)16-30-9-1-2-10-30/h3-6,11-15H,1-2,7-10,16H2,(H,28,31)(H,29,32). The van der Waals surface area contributed by atoms with E-state index < -0.39 is 0 Å². The van der Waals surface area contributed by atoms with Crippen molar-refractivity contribution >= 4 is 17.3 Å². The molecule has 5 rings (SSSR count). The predicted molar refractivity (Wildman–Crippen MR) is 125 cm³/mol. The Hall–Kier alpha value is -3.58. The molecule has 2 aliphatic rings. The molecule has 1 fully saturated rings. The number of amides is 1. The molecular formula is C25H25N5O2. The second-order valence-corrected chi connectivity index (χ2v) is 8.31. The molecule has 7 heteroatoms. The minimum absolute atomic E-state index is 0.214. The normalized spacial score (nSPS) is 15.8. The van der Waals surface area contributed by atoms with Gasteiger partial charge in [-0.2, -0.15) is 0 Å². The summed E-state index contributed by atoms with van der Waals surface area (Å²) in [4.78, 5) is 38.2. The third-order valence-corrected chi connectivity index (χ3v) is 6.01. The second-order valence-electron chi connectivity index (χ2n) is 8.31. The highest BCUT2D eigenvalue weighted by Crippen LogP contribution is 2.26. The second kappa shape index (κ2) is 8.88. The molecule has 3 aromatic rings. The predicted octanol–water partition coefficient (Wildman–Crippen LogP) is 3.02. The molecule has 162 valence electrons. The van der Waals surface area contributed by atoms with Crippen LogP contribution >= 0.6 is 0 Å². The number of H-pyrrole nitrogens is 1. The summed E-state index contributed by atoms with van der Waals surface area (Å²) in [6.07, 6.45) is 8.62. The summed E-state index contributed by atoms with van der Waals surface area (Å²) in [5, 5.41) is 2.83. The first kappa shape index (κ1) is 20.3. The van der Waals surface area contributed by atoms with Gasteiger partial charge in [0.1, 0.15) is 5.71 Å². The number of benzene rings is 1. The number of carbonyl (C=O) groups is 1. The number of rotatable bonds is 5. The van der Waals surface area contributed by atoms with Gasteiger partial charge in [0.05, 0.1) is 5.69 Å². The molecule has 0 saturated carbocycles. The van der Waals surface area contributed by atoms with Gasteiger partial charge in [-0.05, 0) is 67.2 Å². The van der Waals surface area contributed by atoms with Crippen LogP contribution in [-0.2, 0) is 17.8 Å². The number of aliphatic imine (C=N–C) groups is 1. The average molecular weight is 428 g/mol. The van der Waals surface area contributed by atoms with Gasteiger partial charge in [0.2, 0.25) is 5.56 Å². The minimum atomic E-state index is -0.281. The van der Waals surface area contributed by atoms with Crippen molar-refractivity contribution in [2.75, 3.05) is 25.0 Å². The Morgan fingerprint density at radius 3 is 2.75 bits per heavy atom. The van der Waals surface area contributed by atoms with E-state index in [9.17, 15) is 9.59 Å².